The molecule has 0 atom stereocenters. The molecule has 0 amide bonds. The number of rotatable bonds is 3. The molecule has 0 spiro atoms. The van der Waals surface area contributed by atoms with Crippen LogP contribution in [0.2, 0.25) is 0 Å². The standard InChI is InChI=1S/C14H11N3O5/c1-7-8(2)22-14(10(7)5-15)16-6-9-3-11(17(20)21)13(19)4-12(9)18/h3-4,6,18-19H,1-2H3/b16-6+. The summed E-state index contributed by atoms with van der Waals surface area (Å²) in [6.45, 7) is 3.39. The highest BCUT2D eigenvalue weighted by Gasteiger charge is 2.17. The van der Waals surface area contributed by atoms with E-state index in [1.54, 1.807) is 13.8 Å². The largest absolute Gasteiger partial charge is 0.507 e. The van der Waals surface area contributed by atoms with Gasteiger partial charge in [-0.15, -0.1) is 0 Å². The van der Waals surface area contributed by atoms with Crippen molar-refractivity contribution in [2.45, 2.75) is 13.8 Å². The van der Waals surface area contributed by atoms with Gasteiger partial charge in [-0.3, -0.25) is 10.1 Å². The van der Waals surface area contributed by atoms with Crippen molar-refractivity contribution in [3.05, 3.63) is 44.7 Å². The minimum Gasteiger partial charge on any atom is -0.507 e. The van der Waals surface area contributed by atoms with E-state index < -0.39 is 16.4 Å². The Morgan fingerprint density at radius 3 is 2.64 bits per heavy atom. The number of aryl methyl sites for hydroxylation is 1. The van der Waals surface area contributed by atoms with Gasteiger partial charge in [0.2, 0.25) is 5.88 Å². The maximum Gasteiger partial charge on any atom is 0.311 e. The third-order valence-electron chi connectivity index (χ3n) is 3.12. The van der Waals surface area contributed by atoms with Gasteiger partial charge in [0.1, 0.15) is 23.1 Å². The van der Waals surface area contributed by atoms with E-state index in [1.165, 1.54) is 0 Å². The number of aromatic hydroxyl groups is 2. The van der Waals surface area contributed by atoms with Crippen LogP contribution in [-0.2, 0) is 0 Å². The fraction of sp³-hybridized carbons (Fsp3) is 0.143. The summed E-state index contributed by atoms with van der Waals surface area (Å²) in [5, 5.41) is 38.9. The van der Waals surface area contributed by atoms with Crippen molar-refractivity contribution in [1.29, 1.82) is 5.26 Å². The third kappa shape index (κ3) is 2.60. The second kappa shape index (κ2) is 5.57. The van der Waals surface area contributed by atoms with Crippen molar-refractivity contribution in [2.75, 3.05) is 0 Å². The molecule has 0 aliphatic heterocycles. The van der Waals surface area contributed by atoms with Gasteiger partial charge in [0, 0.05) is 29.5 Å². The smallest absolute Gasteiger partial charge is 0.311 e. The van der Waals surface area contributed by atoms with Gasteiger partial charge in [-0.1, -0.05) is 0 Å². The lowest BCUT2D eigenvalue weighted by atomic mass is 10.1. The van der Waals surface area contributed by atoms with Crippen LogP contribution >= 0.6 is 0 Å². The number of phenolic OH excluding ortho intramolecular Hbond substituents is 2. The number of nitrogens with zero attached hydrogens (tertiary/aromatic N) is 3. The molecule has 1 heterocycles. The molecule has 0 radical (unpaired) electrons. The van der Waals surface area contributed by atoms with E-state index in [9.17, 15) is 20.3 Å². The van der Waals surface area contributed by atoms with E-state index >= 15 is 0 Å². The van der Waals surface area contributed by atoms with Crippen molar-refractivity contribution in [1.82, 2.24) is 0 Å². The summed E-state index contributed by atoms with van der Waals surface area (Å²) >= 11 is 0. The first-order chi connectivity index (χ1) is 10.3. The van der Waals surface area contributed by atoms with Crippen molar-refractivity contribution < 1.29 is 19.6 Å². The molecular formula is C14H11N3O5. The van der Waals surface area contributed by atoms with Crippen LogP contribution in [0, 0.1) is 35.3 Å². The second-order valence-corrected chi connectivity index (χ2v) is 4.49. The van der Waals surface area contributed by atoms with Gasteiger partial charge in [-0.2, -0.15) is 5.26 Å². The Morgan fingerprint density at radius 1 is 1.36 bits per heavy atom. The number of phenols is 2. The molecule has 2 N–H and O–H groups in total. The molecule has 0 aliphatic carbocycles. The molecule has 1 aromatic carbocycles. The summed E-state index contributed by atoms with van der Waals surface area (Å²) in [6, 6.07) is 3.78. The maximum absolute atomic E-state index is 10.8. The SMILES string of the molecule is Cc1oc(/N=C/c2cc([N+](=O)[O-])c(O)cc2O)c(C#N)c1C. The quantitative estimate of drug-likeness (QED) is 0.508. The predicted octanol–water partition coefficient (Wildman–Crippen LogP) is 2.84. The first-order valence-electron chi connectivity index (χ1n) is 6.09. The zero-order chi connectivity index (χ0) is 16.4. The van der Waals surface area contributed by atoms with Crippen molar-refractivity contribution >= 4 is 17.8 Å². The van der Waals surface area contributed by atoms with Crippen molar-refractivity contribution in [3.63, 3.8) is 0 Å². The molecule has 0 aliphatic rings. The van der Waals surface area contributed by atoms with Gasteiger partial charge in [0.25, 0.3) is 0 Å². The van der Waals surface area contributed by atoms with Crippen molar-refractivity contribution in [2.24, 2.45) is 4.99 Å². The fourth-order valence-corrected chi connectivity index (χ4v) is 1.79. The summed E-state index contributed by atoms with van der Waals surface area (Å²) in [5.41, 5.74) is 0.351. The molecule has 2 rings (SSSR count). The summed E-state index contributed by atoms with van der Waals surface area (Å²) in [4.78, 5) is 13.9. The maximum atomic E-state index is 10.8. The zero-order valence-corrected chi connectivity index (χ0v) is 11.7. The fourth-order valence-electron chi connectivity index (χ4n) is 1.79. The van der Waals surface area contributed by atoms with E-state index in [2.05, 4.69) is 4.99 Å². The van der Waals surface area contributed by atoms with E-state index in [0.29, 0.717) is 11.3 Å². The van der Waals surface area contributed by atoms with Gasteiger partial charge in [0.05, 0.1) is 4.92 Å². The molecule has 0 fully saturated rings. The molecular weight excluding hydrogens is 290 g/mol. The molecule has 22 heavy (non-hydrogen) atoms. The Morgan fingerprint density at radius 2 is 2.05 bits per heavy atom. The molecule has 0 saturated heterocycles. The van der Waals surface area contributed by atoms with E-state index in [4.69, 9.17) is 9.68 Å². The van der Waals surface area contributed by atoms with Crippen LogP contribution < -0.4 is 0 Å². The van der Waals surface area contributed by atoms with Crippen LogP contribution in [0.5, 0.6) is 11.5 Å². The number of nitro groups is 1. The molecule has 1 aromatic heterocycles. The van der Waals surface area contributed by atoms with Crippen LogP contribution in [0.1, 0.15) is 22.5 Å². The Bertz CT molecular complexity index is 830. The topological polar surface area (TPSA) is 133 Å². The Balaban J connectivity index is 2.47. The number of hydrogen-bond donors (Lipinski definition) is 2. The summed E-state index contributed by atoms with van der Waals surface area (Å²) < 4.78 is 5.31. The monoisotopic (exact) mass is 301 g/mol. The van der Waals surface area contributed by atoms with Gasteiger partial charge in [-0.05, 0) is 13.8 Å². The molecule has 112 valence electrons. The predicted molar refractivity (Wildman–Crippen MR) is 76.6 cm³/mol. The van der Waals surface area contributed by atoms with Crippen LogP contribution in [0.4, 0.5) is 11.6 Å². The first kappa shape index (κ1) is 15.1. The normalized spacial score (nSPS) is 10.8. The zero-order valence-electron chi connectivity index (χ0n) is 11.7. The molecule has 0 saturated carbocycles. The number of aliphatic imine (C=N–C) groups is 1. The number of nitriles is 1. The van der Waals surface area contributed by atoms with Gasteiger partial charge in [0.15, 0.2) is 5.75 Å². The first-order valence-corrected chi connectivity index (χ1v) is 6.09. The minimum absolute atomic E-state index is 0.0140. The summed E-state index contributed by atoms with van der Waals surface area (Å²) in [7, 11) is 0. The highest BCUT2D eigenvalue weighted by molar-refractivity contribution is 5.87. The third-order valence-corrected chi connectivity index (χ3v) is 3.12. The van der Waals surface area contributed by atoms with E-state index in [0.717, 1.165) is 18.3 Å². The highest BCUT2D eigenvalue weighted by Crippen LogP contribution is 2.33. The van der Waals surface area contributed by atoms with E-state index in [-0.39, 0.29) is 22.8 Å². The van der Waals surface area contributed by atoms with Crippen LogP contribution in [-0.4, -0.2) is 21.4 Å². The average Bonchev–Trinajstić information content (AvgIpc) is 2.72. The Labute approximate surface area is 124 Å². The lowest BCUT2D eigenvalue weighted by Gasteiger charge is -2.00. The van der Waals surface area contributed by atoms with Gasteiger partial charge < -0.3 is 14.6 Å². The average molecular weight is 301 g/mol. The van der Waals surface area contributed by atoms with Crippen LogP contribution in [0.15, 0.2) is 21.5 Å². The van der Waals surface area contributed by atoms with Crippen LogP contribution in [0.3, 0.4) is 0 Å². The molecule has 0 bridgehead atoms. The summed E-state index contributed by atoms with van der Waals surface area (Å²) in [6.07, 6.45) is 1.13. The molecule has 0 unspecified atom stereocenters. The number of furan rings is 1. The Kier molecular flexibility index (Phi) is 3.81. The lowest BCUT2D eigenvalue weighted by Crippen LogP contribution is -1.91. The molecule has 8 heteroatoms. The highest BCUT2D eigenvalue weighted by atomic mass is 16.6. The summed E-state index contributed by atoms with van der Waals surface area (Å²) in [5.74, 6) is -0.454. The number of benzene rings is 1. The Hall–Kier alpha value is -3.34. The minimum atomic E-state index is -0.784. The number of hydrogen-bond acceptors (Lipinski definition) is 7. The lowest BCUT2D eigenvalue weighted by molar-refractivity contribution is -0.385. The van der Waals surface area contributed by atoms with Crippen LogP contribution in [0.25, 0.3) is 0 Å². The van der Waals surface area contributed by atoms with Gasteiger partial charge >= 0.3 is 5.69 Å². The van der Waals surface area contributed by atoms with E-state index in [1.807, 2.05) is 6.07 Å². The molecule has 8 nitrogen and oxygen atoms in total. The van der Waals surface area contributed by atoms with Gasteiger partial charge in [-0.25, -0.2) is 4.99 Å². The second-order valence-electron chi connectivity index (χ2n) is 4.49. The van der Waals surface area contributed by atoms with Crippen molar-refractivity contribution in [3.8, 4) is 17.6 Å². The number of nitro benzene ring substituents is 1. The molecule has 2 aromatic rings.